The number of aromatic nitrogens is 1. The summed E-state index contributed by atoms with van der Waals surface area (Å²) in [5.74, 6) is 0.00581. The van der Waals surface area contributed by atoms with Crippen molar-refractivity contribution in [2.24, 2.45) is 0 Å². The Balaban J connectivity index is 1.30. The highest BCUT2D eigenvalue weighted by Gasteiger charge is 2.46. The lowest BCUT2D eigenvalue weighted by Gasteiger charge is -2.26. The van der Waals surface area contributed by atoms with Gasteiger partial charge in [-0.15, -0.1) is 0 Å². The fraction of sp³-hybridized carbons (Fsp3) is 0.500. The molecule has 0 saturated heterocycles. The van der Waals surface area contributed by atoms with Gasteiger partial charge in [-0.1, -0.05) is 61.7 Å². The van der Waals surface area contributed by atoms with Crippen molar-refractivity contribution in [3.63, 3.8) is 0 Å². The Morgan fingerprint density at radius 3 is 2.49 bits per heavy atom. The molecular weight excluding hydrogens is 622 g/mol. The van der Waals surface area contributed by atoms with Gasteiger partial charge in [-0.25, -0.2) is 0 Å². The van der Waals surface area contributed by atoms with Gasteiger partial charge in [-0.3, -0.25) is 9.78 Å². The second-order valence-corrected chi connectivity index (χ2v) is 13.2. The third kappa shape index (κ3) is 8.69. The Morgan fingerprint density at radius 1 is 1.04 bits per heavy atom. The number of hydrogen-bond acceptors (Lipinski definition) is 9. The van der Waals surface area contributed by atoms with Gasteiger partial charge >= 0.3 is 0 Å². The van der Waals surface area contributed by atoms with Gasteiger partial charge in [0.15, 0.2) is 0 Å². The van der Waals surface area contributed by atoms with Crippen LogP contribution >= 0.6 is 11.6 Å². The van der Waals surface area contributed by atoms with E-state index in [9.17, 15) is 25.2 Å². The Morgan fingerprint density at radius 2 is 1.79 bits per heavy atom. The van der Waals surface area contributed by atoms with Gasteiger partial charge in [0.2, 0.25) is 5.91 Å². The summed E-state index contributed by atoms with van der Waals surface area (Å²) in [4.78, 5) is 17.9. The predicted octanol–water partition coefficient (Wildman–Crippen LogP) is 3.55. The zero-order valence-electron chi connectivity index (χ0n) is 26.7. The molecule has 2 aromatic carbocycles. The number of rotatable bonds is 18. The quantitative estimate of drug-likeness (QED) is 0.107. The number of amides is 1. The van der Waals surface area contributed by atoms with Crippen LogP contribution in [0.25, 0.3) is 11.1 Å². The van der Waals surface area contributed by atoms with Crippen LogP contribution in [0.4, 0.5) is 0 Å². The molecule has 10 nitrogen and oxygen atoms in total. The maximum Gasteiger partial charge on any atom is 0.227 e. The van der Waals surface area contributed by atoms with Gasteiger partial charge in [-0.2, -0.15) is 0 Å². The molecule has 0 spiro atoms. The minimum atomic E-state index is -1.77. The molecule has 3 aromatic rings. The van der Waals surface area contributed by atoms with E-state index in [0.29, 0.717) is 18.0 Å². The number of carbonyl (C=O) groups is 1. The summed E-state index contributed by atoms with van der Waals surface area (Å²) in [6.45, 7) is 1.39. The average molecular weight is 668 g/mol. The topological polar surface area (TPSA) is 164 Å². The van der Waals surface area contributed by atoms with Crippen molar-refractivity contribution in [3.05, 3.63) is 82.6 Å². The number of nitrogens with zero attached hydrogens (tertiary/aromatic N) is 1. The number of ether oxygens (including phenoxy) is 1. The molecule has 2 saturated carbocycles. The minimum Gasteiger partial charge on any atom is -0.490 e. The largest absolute Gasteiger partial charge is 0.490 e. The summed E-state index contributed by atoms with van der Waals surface area (Å²) in [6, 6.07) is 15.8. The molecule has 1 heterocycles. The van der Waals surface area contributed by atoms with E-state index in [2.05, 4.69) is 21.7 Å². The third-order valence-electron chi connectivity index (χ3n) is 9.14. The standard InChI is InChI=1S/C36H46ClN3O7/c1-2-3-6-25(35(46)39-20-30(42)33(44)34(45)31(43)21-41)22-9-12-29(37)23(17-22)18-40-36(14-15-36)28-19-38-16-13-26(28)27-7-4-5-8-32(27)47-24-10-11-24/h4-5,7-9,12-13,16-17,19,24-25,30-31,33-34,40-45H,2-3,6,10-11,14-15,18,20-21H2,1H3,(H,39,46)/t25?,30-,31+,33+,34+/m0/s1. The van der Waals surface area contributed by atoms with Crippen molar-refractivity contribution < 1.29 is 35.1 Å². The fourth-order valence-electron chi connectivity index (χ4n) is 5.92. The molecule has 2 aliphatic rings. The van der Waals surface area contributed by atoms with Crippen molar-refractivity contribution in [2.45, 2.75) is 100 Å². The molecule has 5 atom stereocenters. The Kier molecular flexibility index (Phi) is 11.9. The van der Waals surface area contributed by atoms with Crippen LogP contribution in [0.15, 0.2) is 60.9 Å². The van der Waals surface area contributed by atoms with Gasteiger partial charge in [0.1, 0.15) is 24.1 Å². The van der Waals surface area contributed by atoms with E-state index in [0.717, 1.165) is 72.1 Å². The third-order valence-corrected chi connectivity index (χ3v) is 9.51. The summed E-state index contributed by atoms with van der Waals surface area (Å²) in [5.41, 5.74) is 4.59. The van der Waals surface area contributed by atoms with E-state index < -0.39 is 36.9 Å². The summed E-state index contributed by atoms with van der Waals surface area (Å²) in [6.07, 6.45) is 3.60. The first-order valence-electron chi connectivity index (χ1n) is 16.5. The Bertz CT molecular complexity index is 1500. The number of nitrogens with one attached hydrogen (secondary N) is 2. The smallest absolute Gasteiger partial charge is 0.227 e. The number of unbranched alkanes of at least 4 members (excludes halogenated alkanes) is 1. The molecule has 0 aliphatic heterocycles. The number of halogens is 1. The molecule has 254 valence electrons. The Hall–Kier alpha value is -3.09. The highest BCUT2D eigenvalue weighted by molar-refractivity contribution is 6.31. The normalized spacial score (nSPS) is 18.5. The molecule has 7 N–H and O–H groups in total. The molecule has 0 bridgehead atoms. The molecule has 1 amide bonds. The van der Waals surface area contributed by atoms with Crippen molar-refractivity contribution in [2.75, 3.05) is 13.2 Å². The molecule has 1 unspecified atom stereocenters. The lowest BCUT2D eigenvalue weighted by molar-refractivity contribution is -0.127. The molecule has 2 aliphatic carbocycles. The molecule has 2 fully saturated rings. The van der Waals surface area contributed by atoms with E-state index in [1.807, 2.05) is 55.7 Å². The first-order chi connectivity index (χ1) is 22.7. The first kappa shape index (κ1) is 35.2. The zero-order valence-corrected chi connectivity index (χ0v) is 27.4. The van der Waals surface area contributed by atoms with E-state index in [4.69, 9.17) is 21.4 Å². The average Bonchev–Trinajstić information content (AvgIpc) is 4.04. The number of aliphatic hydroxyl groups is 5. The molecule has 5 rings (SSSR count). The highest BCUT2D eigenvalue weighted by Crippen LogP contribution is 2.50. The second kappa shape index (κ2) is 15.9. The maximum atomic E-state index is 13.4. The Labute approximate surface area is 280 Å². The summed E-state index contributed by atoms with van der Waals surface area (Å²) < 4.78 is 6.25. The lowest BCUT2D eigenvalue weighted by atomic mass is 9.91. The second-order valence-electron chi connectivity index (χ2n) is 12.8. The molecule has 0 radical (unpaired) electrons. The van der Waals surface area contributed by atoms with Gasteiger partial charge in [0.05, 0.1) is 24.7 Å². The van der Waals surface area contributed by atoms with Crippen LogP contribution in [-0.4, -0.2) is 80.1 Å². The summed E-state index contributed by atoms with van der Waals surface area (Å²) >= 11 is 6.69. The van der Waals surface area contributed by atoms with Gasteiger partial charge in [0.25, 0.3) is 0 Å². The van der Waals surface area contributed by atoms with Gasteiger partial charge < -0.3 is 40.9 Å². The number of pyridine rings is 1. The summed E-state index contributed by atoms with van der Waals surface area (Å²) in [5, 5.41) is 56.0. The number of aliphatic hydroxyl groups excluding tert-OH is 5. The van der Waals surface area contributed by atoms with Crippen LogP contribution in [-0.2, 0) is 16.9 Å². The van der Waals surface area contributed by atoms with E-state index in [1.54, 1.807) is 6.07 Å². The van der Waals surface area contributed by atoms with Crippen LogP contribution in [0.1, 0.15) is 74.5 Å². The van der Waals surface area contributed by atoms with Crippen molar-refractivity contribution in [3.8, 4) is 16.9 Å². The van der Waals surface area contributed by atoms with Crippen molar-refractivity contribution in [1.82, 2.24) is 15.6 Å². The highest BCUT2D eigenvalue weighted by atomic mass is 35.5. The maximum absolute atomic E-state index is 13.4. The van der Waals surface area contributed by atoms with Crippen LogP contribution in [0, 0.1) is 0 Å². The molecule has 47 heavy (non-hydrogen) atoms. The summed E-state index contributed by atoms with van der Waals surface area (Å²) in [7, 11) is 0. The van der Waals surface area contributed by atoms with Crippen LogP contribution in [0.3, 0.4) is 0 Å². The monoisotopic (exact) mass is 667 g/mol. The van der Waals surface area contributed by atoms with Crippen molar-refractivity contribution >= 4 is 17.5 Å². The van der Waals surface area contributed by atoms with Crippen LogP contribution in [0.5, 0.6) is 5.75 Å². The first-order valence-corrected chi connectivity index (χ1v) is 16.9. The minimum absolute atomic E-state index is 0.278. The number of benzene rings is 2. The SMILES string of the molecule is CCCCC(C(=O)NC[C@H](O)[C@@H](O)[C@H](O)[C@H](O)CO)c1ccc(Cl)c(CNC2(c3cnccc3-c3ccccc3OC3CC3)CC2)c1. The zero-order chi connectivity index (χ0) is 33.6. The number of hydrogen-bond donors (Lipinski definition) is 7. The lowest BCUT2D eigenvalue weighted by Crippen LogP contribution is -2.50. The van der Waals surface area contributed by atoms with E-state index in [-0.39, 0.29) is 24.1 Å². The van der Waals surface area contributed by atoms with Gasteiger partial charge in [0, 0.05) is 41.6 Å². The van der Waals surface area contributed by atoms with E-state index in [1.165, 1.54) is 0 Å². The molecule has 1 aromatic heterocycles. The number of carbonyl (C=O) groups excluding carboxylic acids is 1. The van der Waals surface area contributed by atoms with Crippen LogP contribution in [0.2, 0.25) is 5.02 Å². The molecular formula is C36H46ClN3O7. The molecule has 11 heteroatoms. The number of para-hydroxylation sites is 1. The fourth-order valence-corrected chi connectivity index (χ4v) is 6.10. The van der Waals surface area contributed by atoms with Crippen molar-refractivity contribution in [1.29, 1.82) is 0 Å². The van der Waals surface area contributed by atoms with Crippen LogP contribution < -0.4 is 15.4 Å². The van der Waals surface area contributed by atoms with Gasteiger partial charge in [-0.05, 0) is 72.6 Å². The predicted molar refractivity (Wildman–Crippen MR) is 179 cm³/mol. The van der Waals surface area contributed by atoms with E-state index >= 15 is 0 Å².